The summed E-state index contributed by atoms with van der Waals surface area (Å²) < 4.78 is 3.59. The second-order valence-corrected chi connectivity index (χ2v) is 5.86. The predicted molar refractivity (Wildman–Crippen MR) is 80.0 cm³/mol. The third-order valence-electron chi connectivity index (χ3n) is 4.07. The summed E-state index contributed by atoms with van der Waals surface area (Å²) in [6, 6.07) is 2.17. The van der Waals surface area contributed by atoms with Gasteiger partial charge in [-0.2, -0.15) is 10.2 Å². The maximum atomic E-state index is 6.16. The molecule has 1 fully saturated rings. The first kappa shape index (κ1) is 13.5. The van der Waals surface area contributed by atoms with E-state index in [0.717, 1.165) is 11.4 Å². The van der Waals surface area contributed by atoms with Crippen molar-refractivity contribution in [2.75, 3.05) is 5.32 Å². The molecule has 0 saturated heterocycles. The van der Waals surface area contributed by atoms with Gasteiger partial charge in [0, 0.05) is 38.2 Å². The Labute approximate surface area is 123 Å². The van der Waals surface area contributed by atoms with Crippen LogP contribution in [0.25, 0.3) is 0 Å². The molecule has 2 aromatic rings. The van der Waals surface area contributed by atoms with Crippen LogP contribution in [0.15, 0.2) is 12.3 Å². The second-order valence-electron chi connectivity index (χ2n) is 5.50. The van der Waals surface area contributed by atoms with Gasteiger partial charge in [0.1, 0.15) is 11.0 Å². The van der Waals surface area contributed by atoms with Gasteiger partial charge in [-0.15, -0.1) is 0 Å². The lowest BCUT2D eigenvalue weighted by molar-refractivity contribution is 0.659. The van der Waals surface area contributed by atoms with Gasteiger partial charge in [0.2, 0.25) is 0 Å². The molecule has 0 aliphatic heterocycles. The SMILES string of the molecule is Cn1nc(C2CCCC2)cc1NCc1cnn(C)c1Cl. The molecule has 1 aliphatic carbocycles. The molecule has 2 heterocycles. The molecular formula is C14H20ClN5. The molecule has 3 rings (SSSR count). The Morgan fingerprint density at radius 3 is 2.70 bits per heavy atom. The number of nitrogens with zero attached hydrogens (tertiary/aromatic N) is 4. The molecule has 0 radical (unpaired) electrons. The van der Waals surface area contributed by atoms with Gasteiger partial charge in [-0.3, -0.25) is 9.36 Å². The summed E-state index contributed by atoms with van der Waals surface area (Å²) in [6.45, 7) is 0.663. The van der Waals surface area contributed by atoms with Crippen molar-refractivity contribution in [2.45, 2.75) is 38.1 Å². The molecule has 0 spiro atoms. The molecule has 0 unspecified atom stereocenters. The van der Waals surface area contributed by atoms with Crippen molar-refractivity contribution < 1.29 is 0 Å². The van der Waals surface area contributed by atoms with Crippen LogP contribution in [-0.2, 0) is 20.6 Å². The Kier molecular flexibility index (Phi) is 3.70. The van der Waals surface area contributed by atoms with E-state index in [9.17, 15) is 0 Å². The highest BCUT2D eigenvalue weighted by Gasteiger charge is 2.20. The summed E-state index contributed by atoms with van der Waals surface area (Å²) in [5.74, 6) is 1.67. The monoisotopic (exact) mass is 293 g/mol. The predicted octanol–water partition coefficient (Wildman–Crippen LogP) is 3.08. The number of rotatable bonds is 4. The lowest BCUT2D eigenvalue weighted by Crippen LogP contribution is -2.04. The van der Waals surface area contributed by atoms with Crippen molar-refractivity contribution in [3.8, 4) is 0 Å². The van der Waals surface area contributed by atoms with Gasteiger partial charge in [0.05, 0.1) is 11.9 Å². The van der Waals surface area contributed by atoms with Gasteiger partial charge < -0.3 is 5.32 Å². The lowest BCUT2D eigenvalue weighted by atomic mass is 10.0. The van der Waals surface area contributed by atoms with E-state index in [1.165, 1.54) is 31.4 Å². The maximum absolute atomic E-state index is 6.16. The summed E-state index contributed by atoms with van der Waals surface area (Å²) >= 11 is 6.16. The van der Waals surface area contributed by atoms with Gasteiger partial charge >= 0.3 is 0 Å². The van der Waals surface area contributed by atoms with Crippen LogP contribution in [0.1, 0.15) is 42.9 Å². The standard InChI is InChI=1S/C14H20ClN5/c1-19-13(7-12(18-19)10-5-3-4-6-10)16-8-11-9-17-20(2)14(11)15/h7,9-10,16H,3-6,8H2,1-2H3. The first-order valence-corrected chi connectivity index (χ1v) is 7.47. The Hall–Kier alpha value is -1.49. The summed E-state index contributed by atoms with van der Waals surface area (Å²) in [5.41, 5.74) is 2.21. The van der Waals surface area contributed by atoms with Gasteiger partial charge in [0.15, 0.2) is 0 Å². The average molecular weight is 294 g/mol. The Bertz CT molecular complexity index is 595. The highest BCUT2D eigenvalue weighted by atomic mass is 35.5. The average Bonchev–Trinajstić information content (AvgIpc) is 3.12. The molecule has 0 bridgehead atoms. The van der Waals surface area contributed by atoms with Gasteiger partial charge in [0.25, 0.3) is 0 Å². The summed E-state index contributed by atoms with van der Waals surface area (Å²) in [7, 11) is 3.82. The van der Waals surface area contributed by atoms with Gasteiger partial charge in [-0.05, 0) is 12.8 Å². The number of aryl methyl sites for hydroxylation is 2. The van der Waals surface area contributed by atoms with E-state index >= 15 is 0 Å². The third kappa shape index (κ3) is 2.54. The first-order valence-electron chi connectivity index (χ1n) is 7.09. The van der Waals surface area contributed by atoms with Crippen LogP contribution in [0.5, 0.6) is 0 Å². The molecular weight excluding hydrogens is 274 g/mol. The zero-order valence-electron chi connectivity index (χ0n) is 11.9. The molecule has 0 aromatic carbocycles. The highest BCUT2D eigenvalue weighted by molar-refractivity contribution is 6.30. The topological polar surface area (TPSA) is 47.7 Å². The molecule has 1 N–H and O–H groups in total. The highest BCUT2D eigenvalue weighted by Crippen LogP contribution is 2.34. The van der Waals surface area contributed by atoms with E-state index in [1.807, 2.05) is 18.8 Å². The number of hydrogen-bond donors (Lipinski definition) is 1. The summed E-state index contributed by atoms with van der Waals surface area (Å²) in [4.78, 5) is 0. The number of anilines is 1. The molecule has 20 heavy (non-hydrogen) atoms. The molecule has 108 valence electrons. The van der Waals surface area contributed by atoms with Crippen LogP contribution in [0.3, 0.4) is 0 Å². The van der Waals surface area contributed by atoms with E-state index in [4.69, 9.17) is 11.6 Å². The zero-order valence-corrected chi connectivity index (χ0v) is 12.7. The largest absolute Gasteiger partial charge is 0.366 e. The molecule has 2 aromatic heterocycles. The quantitative estimate of drug-likeness (QED) is 0.942. The lowest BCUT2D eigenvalue weighted by Gasteiger charge is -2.04. The van der Waals surface area contributed by atoms with Crippen LogP contribution < -0.4 is 5.32 Å². The fourth-order valence-electron chi connectivity index (χ4n) is 2.85. The van der Waals surface area contributed by atoms with Crippen LogP contribution in [0, 0.1) is 0 Å². The Morgan fingerprint density at radius 1 is 1.30 bits per heavy atom. The van der Waals surface area contributed by atoms with E-state index in [-0.39, 0.29) is 0 Å². The van der Waals surface area contributed by atoms with Gasteiger partial charge in [-0.1, -0.05) is 24.4 Å². The second kappa shape index (κ2) is 5.48. The molecule has 1 saturated carbocycles. The number of aromatic nitrogens is 4. The van der Waals surface area contributed by atoms with Crippen LogP contribution in [-0.4, -0.2) is 19.6 Å². The van der Waals surface area contributed by atoms with E-state index < -0.39 is 0 Å². The molecule has 6 heteroatoms. The van der Waals surface area contributed by atoms with Crippen molar-refractivity contribution in [1.29, 1.82) is 0 Å². The van der Waals surface area contributed by atoms with Crippen molar-refractivity contribution in [3.63, 3.8) is 0 Å². The fraction of sp³-hybridized carbons (Fsp3) is 0.571. The normalized spacial score (nSPS) is 15.9. The number of nitrogens with one attached hydrogen (secondary N) is 1. The minimum atomic E-state index is 0.638. The van der Waals surface area contributed by atoms with Crippen molar-refractivity contribution in [3.05, 3.63) is 28.7 Å². The minimum absolute atomic E-state index is 0.638. The fourth-order valence-corrected chi connectivity index (χ4v) is 3.01. The van der Waals surface area contributed by atoms with Crippen LogP contribution in [0.2, 0.25) is 5.15 Å². The number of halogens is 1. The number of hydrogen-bond acceptors (Lipinski definition) is 3. The smallest absolute Gasteiger partial charge is 0.131 e. The zero-order chi connectivity index (χ0) is 14.1. The maximum Gasteiger partial charge on any atom is 0.131 e. The van der Waals surface area contributed by atoms with Crippen LogP contribution >= 0.6 is 11.6 Å². The molecule has 0 amide bonds. The molecule has 5 nitrogen and oxygen atoms in total. The third-order valence-corrected chi connectivity index (χ3v) is 4.56. The summed E-state index contributed by atoms with van der Waals surface area (Å²) in [6.07, 6.45) is 6.99. The molecule has 0 atom stereocenters. The molecule has 1 aliphatic rings. The van der Waals surface area contributed by atoms with E-state index in [0.29, 0.717) is 17.6 Å². The van der Waals surface area contributed by atoms with Crippen LogP contribution in [0.4, 0.5) is 5.82 Å². The van der Waals surface area contributed by atoms with Crippen molar-refractivity contribution >= 4 is 17.4 Å². The Morgan fingerprint density at radius 2 is 2.05 bits per heavy atom. The first-order chi connectivity index (χ1) is 9.65. The van der Waals surface area contributed by atoms with Gasteiger partial charge in [-0.25, -0.2) is 0 Å². The van der Waals surface area contributed by atoms with E-state index in [2.05, 4.69) is 21.6 Å². The van der Waals surface area contributed by atoms with E-state index in [1.54, 1.807) is 10.9 Å². The Balaban J connectivity index is 1.69. The van der Waals surface area contributed by atoms with Crippen molar-refractivity contribution in [1.82, 2.24) is 19.6 Å². The minimum Gasteiger partial charge on any atom is -0.366 e. The summed E-state index contributed by atoms with van der Waals surface area (Å²) in [5, 5.41) is 12.8. The van der Waals surface area contributed by atoms with Crippen molar-refractivity contribution in [2.24, 2.45) is 14.1 Å².